The number of sulfonamides is 1. The summed E-state index contributed by atoms with van der Waals surface area (Å²) in [5.74, 6) is -0.126. The quantitative estimate of drug-likeness (QED) is 0.559. The predicted octanol–water partition coefficient (Wildman–Crippen LogP) is 3.54. The van der Waals surface area contributed by atoms with Crippen molar-refractivity contribution >= 4 is 15.9 Å². The van der Waals surface area contributed by atoms with E-state index < -0.39 is 22.0 Å². The SMILES string of the molecule is COc1ccc(S(=O)(=O)N2CCOCC2)cc1C(=O)N[C@@H](c1ccccc1)c1ccc(C)cc1. The molecule has 0 unspecified atom stereocenters. The first-order chi connectivity index (χ1) is 16.4. The summed E-state index contributed by atoms with van der Waals surface area (Å²) in [6, 6.07) is 21.5. The Bertz CT molecular complexity index is 1240. The highest BCUT2D eigenvalue weighted by Gasteiger charge is 2.28. The van der Waals surface area contributed by atoms with Gasteiger partial charge in [0.2, 0.25) is 10.0 Å². The van der Waals surface area contributed by atoms with E-state index in [4.69, 9.17) is 9.47 Å². The Morgan fingerprint density at radius 1 is 0.971 bits per heavy atom. The lowest BCUT2D eigenvalue weighted by Crippen LogP contribution is -2.40. The lowest BCUT2D eigenvalue weighted by Gasteiger charge is -2.26. The molecule has 0 saturated carbocycles. The number of morpholine rings is 1. The number of ether oxygens (including phenoxy) is 2. The summed E-state index contributed by atoms with van der Waals surface area (Å²) in [5, 5.41) is 3.07. The number of methoxy groups -OCH3 is 1. The van der Waals surface area contributed by atoms with E-state index in [2.05, 4.69) is 5.32 Å². The van der Waals surface area contributed by atoms with Crippen LogP contribution in [0.5, 0.6) is 5.75 Å². The standard InChI is InChI=1S/C26H28N2O5S/c1-19-8-10-21(11-9-19)25(20-6-4-3-5-7-20)27-26(29)23-18-22(12-13-24(23)32-2)34(30,31)28-14-16-33-17-15-28/h3-13,18,25H,14-17H2,1-2H3,(H,27,29)/t25-/m0/s1. The van der Waals surface area contributed by atoms with Crippen molar-refractivity contribution in [2.45, 2.75) is 17.9 Å². The predicted molar refractivity (Wildman–Crippen MR) is 130 cm³/mol. The highest BCUT2D eigenvalue weighted by atomic mass is 32.2. The Morgan fingerprint density at radius 3 is 2.26 bits per heavy atom. The summed E-state index contributed by atoms with van der Waals surface area (Å²) < 4.78 is 38.4. The van der Waals surface area contributed by atoms with Gasteiger partial charge in [-0.05, 0) is 36.2 Å². The van der Waals surface area contributed by atoms with E-state index in [0.717, 1.165) is 16.7 Å². The number of carbonyl (C=O) groups is 1. The molecule has 0 radical (unpaired) electrons. The van der Waals surface area contributed by atoms with Gasteiger partial charge in [0, 0.05) is 13.1 Å². The molecule has 0 aromatic heterocycles. The van der Waals surface area contributed by atoms with Crippen molar-refractivity contribution < 1.29 is 22.7 Å². The maximum atomic E-state index is 13.5. The molecule has 1 atom stereocenters. The summed E-state index contributed by atoms with van der Waals surface area (Å²) in [4.78, 5) is 13.5. The molecule has 4 rings (SSSR count). The third-order valence-electron chi connectivity index (χ3n) is 5.84. The van der Waals surface area contributed by atoms with Crippen LogP contribution in [-0.2, 0) is 14.8 Å². The van der Waals surface area contributed by atoms with E-state index >= 15 is 0 Å². The van der Waals surface area contributed by atoms with Crippen molar-refractivity contribution in [1.29, 1.82) is 0 Å². The molecule has 0 spiro atoms. The van der Waals surface area contributed by atoms with Gasteiger partial charge in [0.15, 0.2) is 0 Å². The van der Waals surface area contributed by atoms with E-state index in [1.54, 1.807) is 0 Å². The molecule has 8 heteroatoms. The van der Waals surface area contributed by atoms with Crippen LogP contribution in [0.4, 0.5) is 0 Å². The van der Waals surface area contributed by atoms with E-state index in [-0.39, 0.29) is 23.5 Å². The van der Waals surface area contributed by atoms with Gasteiger partial charge in [0.05, 0.1) is 36.8 Å². The average molecular weight is 481 g/mol. The minimum Gasteiger partial charge on any atom is -0.496 e. The summed E-state index contributed by atoms with van der Waals surface area (Å²) in [6.45, 7) is 3.25. The Labute approximate surface area is 200 Å². The van der Waals surface area contributed by atoms with Crippen molar-refractivity contribution in [3.05, 3.63) is 95.1 Å². The van der Waals surface area contributed by atoms with Gasteiger partial charge in [-0.3, -0.25) is 4.79 Å². The van der Waals surface area contributed by atoms with Crippen LogP contribution in [0.1, 0.15) is 33.1 Å². The zero-order chi connectivity index (χ0) is 24.1. The zero-order valence-corrected chi connectivity index (χ0v) is 20.0. The van der Waals surface area contributed by atoms with E-state index in [0.29, 0.717) is 19.0 Å². The van der Waals surface area contributed by atoms with Gasteiger partial charge in [0.25, 0.3) is 5.91 Å². The van der Waals surface area contributed by atoms with Crippen LogP contribution in [0, 0.1) is 6.92 Å². The van der Waals surface area contributed by atoms with Gasteiger partial charge in [-0.15, -0.1) is 0 Å². The molecule has 1 saturated heterocycles. The van der Waals surface area contributed by atoms with Crippen LogP contribution >= 0.6 is 0 Å². The molecule has 0 bridgehead atoms. The fourth-order valence-corrected chi connectivity index (χ4v) is 5.37. The molecular weight excluding hydrogens is 452 g/mol. The molecule has 0 aliphatic carbocycles. The summed E-state index contributed by atoms with van der Waals surface area (Å²) in [6.07, 6.45) is 0. The number of aryl methyl sites for hydroxylation is 1. The van der Waals surface area contributed by atoms with Crippen LogP contribution < -0.4 is 10.1 Å². The van der Waals surface area contributed by atoms with Crippen LogP contribution in [0.25, 0.3) is 0 Å². The number of rotatable bonds is 7. The van der Waals surface area contributed by atoms with Crippen LogP contribution in [-0.4, -0.2) is 52.0 Å². The lowest BCUT2D eigenvalue weighted by atomic mass is 9.97. The van der Waals surface area contributed by atoms with Gasteiger partial charge < -0.3 is 14.8 Å². The maximum absolute atomic E-state index is 13.5. The molecule has 34 heavy (non-hydrogen) atoms. The molecule has 3 aromatic carbocycles. The second-order valence-corrected chi connectivity index (χ2v) is 10.0. The third kappa shape index (κ3) is 5.14. The topological polar surface area (TPSA) is 84.9 Å². The number of hydrogen-bond donors (Lipinski definition) is 1. The minimum absolute atomic E-state index is 0.0481. The second-order valence-electron chi connectivity index (χ2n) is 8.11. The lowest BCUT2D eigenvalue weighted by molar-refractivity contribution is 0.0730. The van der Waals surface area contributed by atoms with Crippen molar-refractivity contribution in [2.75, 3.05) is 33.4 Å². The molecule has 1 amide bonds. The highest BCUT2D eigenvalue weighted by Crippen LogP contribution is 2.28. The minimum atomic E-state index is -3.76. The van der Waals surface area contributed by atoms with Crippen LogP contribution in [0.15, 0.2) is 77.7 Å². The molecular formula is C26H28N2O5S. The van der Waals surface area contributed by atoms with Gasteiger partial charge in [-0.2, -0.15) is 4.31 Å². The fourth-order valence-electron chi connectivity index (χ4n) is 3.93. The van der Waals surface area contributed by atoms with E-state index in [1.165, 1.54) is 29.6 Å². The Hall–Kier alpha value is -3.20. The number of benzene rings is 3. The molecule has 178 valence electrons. The van der Waals surface area contributed by atoms with E-state index in [9.17, 15) is 13.2 Å². The molecule has 1 fully saturated rings. The molecule has 1 heterocycles. The molecule has 3 aromatic rings. The first-order valence-electron chi connectivity index (χ1n) is 11.1. The number of hydrogen-bond acceptors (Lipinski definition) is 5. The largest absolute Gasteiger partial charge is 0.496 e. The van der Waals surface area contributed by atoms with Gasteiger partial charge in [-0.1, -0.05) is 60.2 Å². The summed E-state index contributed by atoms with van der Waals surface area (Å²) in [5.41, 5.74) is 3.10. The zero-order valence-electron chi connectivity index (χ0n) is 19.2. The van der Waals surface area contributed by atoms with Crippen LogP contribution in [0.3, 0.4) is 0 Å². The second kappa shape index (κ2) is 10.4. The Morgan fingerprint density at radius 2 is 1.62 bits per heavy atom. The van der Waals surface area contributed by atoms with Crippen molar-refractivity contribution in [3.63, 3.8) is 0 Å². The fraction of sp³-hybridized carbons (Fsp3) is 0.269. The van der Waals surface area contributed by atoms with Crippen molar-refractivity contribution in [1.82, 2.24) is 9.62 Å². The first kappa shape index (κ1) is 23.9. The monoisotopic (exact) mass is 480 g/mol. The van der Waals surface area contributed by atoms with E-state index in [1.807, 2.05) is 61.5 Å². The first-order valence-corrected chi connectivity index (χ1v) is 12.5. The molecule has 1 aliphatic rings. The molecule has 7 nitrogen and oxygen atoms in total. The molecule has 1 N–H and O–H groups in total. The summed E-state index contributed by atoms with van der Waals surface area (Å²) >= 11 is 0. The highest BCUT2D eigenvalue weighted by molar-refractivity contribution is 7.89. The smallest absolute Gasteiger partial charge is 0.255 e. The number of carbonyl (C=O) groups excluding carboxylic acids is 1. The average Bonchev–Trinajstić information content (AvgIpc) is 2.88. The summed E-state index contributed by atoms with van der Waals surface area (Å²) in [7, 11) is -2.31. The van der Waals surface area contributed by atoms with Crippen molar-refractivity contribution in [3.8, 4) is 5.75 Å². The van der Waals surface area contributed by atoms with Gasteiger partial charge >= 0.3 is 0 Å². The number of nitrogens with zero attached hydrogens (tertiary/aromatic N) is 1. The number of amides is 1. The number of nitrogens with one attached hydrogen (secondary N) is 1. The van der Waals surface area contributed by atoms with Crippen molar-refractivity contribution in [2.24, 2.45) is 0 Å². The normalized spacial score (nSPS) is 15.5. The van der Waals surface area contributed by atoms with Gasteiger partial charge in [-0.25, -0.2) is 8.42 Å². The third-order valence-corrected chi connectivity index (χ3v) is 7.74. The Balaban J connectivity index is 1.69. The molecule has 1 aliphatic heterocycles. The Kier molecular flexibility index (Phi) is 7.31. The van der Waals surface area contributed by atoms with Crippen LogP contribution in [0.2, 0.25) is 0 Å². The maximum Gasteiger partial charge on any atom is 0.255 e. The van der Waals surface area contributed by atoms with Gasteiger partial charge in [0.1, 0.15) is 5.75 Å².